The number of aromatic carboxylic acids is 2. The number of aromatic hydroxyl groups is 2. The maximum Gasteiger partial charge on any atom is 0.339 e. The number of hydrogen-bond donors (Lipinski definition) is 4. The van der Waals surface area contributed by atoms with Gasteiger partial charge in [0.25, 0.3) is 11.4 Å². The van der Waals surface area contributed by atoms with E-state index in [1.807, 2.05) is 0 Å². The number of nitro groups is 2. The molecule has 0 saturated heterocycles. The molecule has 0 aliphatic heterocycles. The minimum absolute atomic E-state index is 0.0647. The lowest BCUT2D eigenvalue weighted by atomic mass is 10.2. The third-order valence-corrected chi connectivity index (χ3v) is 6.80. The van der Waals surface area contributed by atoms with Crippen LogP contribution in [0.15, 0.2) is 73.1 Å². The minimum Gasteiger partial charge on any atom is -0.507 e. The first-order valence-electron chi connectivity index (χ1n) is 14.0. The Morgan fingerprint density at radius 1 is 0.635 bits per heavy atom. The van der Waals surface area contributed by atoms with E-state index in [1.54, 1.807) is 0 Å². The van der Waals surface area contributed by atoms with E-state index < -0.39 is 33.3 Å². The molecule has 52 heavy (non-hydrogen) atoms. The first-order valence-corrected chi connectivity index (χ1v) is 14.0. The summed E-state index contributed by atoms with van der Waals surface area (Å²) < 4.78 is 2.45. The molecule has 6 aromatic rings. The second-order valence-corrected chi connectivity index (χ2v) is 10.1. The quantitative estimate of drug-likeness (QED) is 0.101. The summed E-state index contributed by atoms with van der Waals surface area (Å²) in [6.07, 6.45) is 12.8. The monoisotopic (exact) mass is 702 g/mol. The van der Waals surface area contributed by atoms with Crippen LogP contribution in [-0.2, 0) is 0 Å². The Bertz CT molecular complexity index is 2360. The second kappa shape index (κ2) is 14.3. The number of pyridine rings is 2. The summed E-state index contributed by atoms with van der Waals surface area (Å²) in [5.74, 6) is 0.787. The Morgan fingerprint density at radius 2 is 1.04 bits per heavy atom. The molecule has 0 atom stereocenters. The van der Waals surface area contributed by atoms with Gasteiger partial charge in [-0.25, -0.2) is 28.9 Å². The molecule has 0 unspecified atom stereocenters. The van der Waals surface area contributed by atoms with Crippen LogP contribution in [0.5, 0.6) is 11.5 Å². The molecule has 6 rings (SSSR count). The summed E-state index contributed by atoms with van der Waals surface area (Å²) in [6.45, 7) is 0. The van der Waals surface area contributed by atoms with Gasteiger partial charge in [-0.05, 0) is 36.1 Å². The zero-order valence-corrected chi connectivity index (χ0v) is 25.8. The number of nitrogens with zero attached hydrogens (tertiary/aromatic N) is 10. The van der Waals surface area contributed by atoms with E-state index in [1.165, 1.54) is 82.4 Å². The van der Waals surface area contributed by atoms with Gasteiger partial charge < -0.3 is 20.4 Å². The van der Waals surface area contributed by atoms with Gasteiger partial charge in [0, 0.05) is 24.3 Å². The maximum absolute atomic E-state index is 11.6. The fraction of sp³-hybridized carbons (Fsp3) is 0. The molecule has 2 aromatic carbocycles. The fourth-order valence-electron chi connectivity index (χ4n) is 4.35. The molecule has 20 nitrogen and oxygen atoms in total. The summed E-state index contributed by atoms with van der Waals surface area (Å²) in [6, 6.07) is 12.3. The van der Waals surface area contributed by atoms with E-state index >= 15 is 0 Å². The van der Waals surface area contributed by atoms with Crippen molar-refractivity contribution < 1.29 is 39.9 Å². The van der Waals surface area contributed by atoms with E-state index in [9.17, 15) is 40.0 Å². The summed E-state index contributed by atoms with van der Waals surface area (Å²) >= 11 is 0. The standard InChI is InChI=1S/C23H14N8O8.C9H4N2O2/c32-20-7-11(1-3-14(20)22(34)35)29-9-18(25-27-29)16-5-13(31(38)39)6-17(24-16)19-10-30(28-26-19)12-2-4-15(23(36)37)21(33)8-12;1-3-7-5-9(11(12)13)6-8(4-2)10-7/h1-10,32-33H,(H,34,35)(H,36,37);1-2,5-6H. The smallest absolute Gasteiger partial charge is 0.339 e. The second-order valence-electron chi connectivity index (χ2n) is 10.1. The van der Waals surface area contributed by atoms with Crippen LogP contribution in [0.2, 0.25) is 0 Å². The van der Waals surface area contributed by atoms with Crippen LogP contribution >= 0.6 is 0 Å². The van der Waals surface area contributed by atoms with Crippen molar-refractivity contribution in [2.75, 3.05) is 0 Å². The topological polar surface area (TPSA) is 289 Å². The van der Waals surface area contributed by atoms with E-state index in [2.05, 4.69) is 42.4 Å². The first kappa shape index (κ1) is 34.8. The van der Waals surface area contributed by atoms with Crippen molar-refractivity contribution in [3.05, 3.63) is 116 Å². The van der Waals surface area contributed by atoms with Crippen molar-refractivity contribution >= 4 is 23.3 Å². The Kier molecular flexibility index (Phi) is 9.57. The molecule has 0 spiro atoms. The van der Waals surface area contributed by atoms with Crippen LogP contribution in [0.1, 0.15) is 32.1 Å². The molecule has 20 heteroatoms. The lowest BCUT2D eigenvalue weighted by Crippen LogP contribution is -2.00. The molecule has 256 valence electrons. The van der Waals surface area contributed by atoms with E-state index in [0.29, 0.717) is 0 Å². The molecular formula is C32H18N10O10. The number of aromatic nitrogens is 8. The van der Waals surface area contributed by atoms with Gasteiger partial charge in [0.2, 0.25) is 0 Å². The molecule has 0 radical (unpaired) electrons. The van der Waals surface area contributed by atoms with Gasteiger partial charge >= 0.3 is 11.9 Å². The van der Waals surface area contributed by atoms with E-state index in [4.69, 9.17) is 23.1 Å². The molecule has 0 bridgehead atoms. The number of carbonyl (C=O) groups is 2. The number of terminal acetylenes is 2. The normalized spacial score (nSPS) is 10.3. The zero-order valence-electron chi connectivity index (χ0n) is 25.8. The molecule has 0 saturated carbocycles. The third-order valence-electron chi connectivity index (χ3n) is 6.80. The highest BCUT2D eigenvalue weighted by molar-refractivity contribution is 5.91. The van der Waals surface area contributed by atoms with Crippen molar-refractivity contribution in [2.45, 2.75) is 0 Å². The largest absolute Gasteiger partial charge is 0.507 e. The van der Waals surface area contributed by atoms with Crippen molar-refractivity contribution in [1.29, 1.82) is 0 Å². The van der Waals surface area contributed by atoms with Crippen LogP contribution in [0.3, 0.4) is 0 Å². The number of hydrogen-bond acceptors (Lipinski definition) is 14. The molecule has 0 fully saturated rings. The van der Waals surface area contributed by atoms with E-state index in [0.717, 1.165) is 0 Å². The van der Waals surface area contributed by atoms with Gasteiger partial charge in [-0.3, -0.25) is 20.2 Å². The summed E-state index contributed by atoms with van der Waals surface area (Å²) in [4.78, 5) is 51.2. The predicted molar refractivity (Wildman–Crippen MR) is 176 cm³/mol. The van der Waals surface area contributed by atoms with Crippen molar-refractivity contribution in [3.8, 4) is 70.3 Å². The number of carboxylic acids is 2. The van der Waals surface area contributed by atoms with Crippen LogP contribution < -0.4 is 0 Å². The Morgan fingerprint density at radius 3 is 1.38 bits per heavy atom. The highest BCUT2D eigenvalue weighted by Gasteiger charge is 2.19. The zero-order chi connectivity index (χ0) is 37.7. The highest BCUT2D eigenvalue weighted by Crippen LogP contribution is 2.28. The predicted octanol–water partition coefficient (Wildman–Crippen LogP) is 3.25. The van der Waals surface area contributed by atoms with Crippen LogP contribution in [0.4, 0.5) is 11.4 Å². The third kappa shape index (κ3) is 7.46. The fourth-order valence-corrected chi connectivity index (χ4v) is 4.35. The lowest BCUT2D eigenvalue weighted by molar-refractivity contribution is -0.385. The number of phenols is 2. The Hall–Kier alpha value is -8.52. The average Bonchev–Trinajstić information content (AvgIpc) is 3.82. The van der Waals surface area contributed by atoms with Gasteiger partial charge in [-0.1, -0.05) is 10.4 Å². The molecule has 0 amide bonds. The van der Waals surface area contributed by atoms with Gasteiger partial charge in [0.05, 0.1) is 57.1 Å². The molecule has 4 heterocycles. The first-order chi connectivity index (χ1) is 24.8. The lowest BCUT2D eigenvalue weighted by Gasteiger charge is -2.04. The average molecular weight is 703 g/mol. The van der Waals surface area contributed by atoms with Gasteiger partial charge in [-0.2, -0.15) is 0 Å². The number of rotatable bonds is 8. The van der Waals surface area contributed by atoms with Crippen LogP contribution in [0.25, 0.3) is 34.2 Å². The van der Waals surface area contributed by atoms with Crippen molar-refractivity contribution in [1.82, 2.24) is 40.0 Å². The number of carboxylic acid groups (broad SMARTS) is 2. The van der Waals surface area contributed by atoms with Crippen LogP contribution in [0, 0.1) is 44.9 Å². The minimum atomic E-state index is -1.31. The molecule has 4 aromatic heterocycles. The Balaban J connectivity index is 0.000000340. The Labute approximate surface area is 289 Å². The highest BCUT2D eigenvalue weighted by atomic mass is 16.6. The number of benzene rings is 2. The van der Waals surface area contributed by atoms with Crippen LogP contribution in [-0.4, -0.2) is 82.2 Å². The molecule has 0 aliphatic rings. The van der Waals surface area contributed by atoms with E-state index in [-0.39, 0.29) is 68.0 Å². The van der Waals surface area contributed by atoms with Gasteiger partial charge in [0.15, 0.2) is 0 Å². The molecular weight excluding hydrogens is 684 g/mol. The molecule has 0 aliphatic carbocycles. The van der Waals surface area contributed by atoms with Crippen molar-refractivity contribution in [3.63, 3.8) is 0 Å². The van der Waals surface area contributed by atoms with Gasteiger partial charge in [-0.15, -0.1) is 23.0 Å². The van der Waals surface area contributed by atoms with Gasteiger partial charge in [0.1, 0.15) is 45.4 Å². The maximum atomic E-state index is 11.6. The summed E-state index contributed by atoms with van der Waals surface area (Å²) in [5, 5.41) is 75.9. The molecule has 4 N–H and O–H groups in total. The SMILES string of the molecule is C#Cc1cc([N+](=O)[O-])cc(C#C)n1.O=C(O)c1ccc(-n2cc(-c3cc([N+](=O)[O-])cc(-c4cn(-c5ccc(C(=O)O)c(O)c5)nn4)n3)nn2)cc1O. The van der Waals surface area contributed by atoms with Crippen molar-refractivity contribution in [2.24, 2.45) is 0 Å². The summed E-state index contributed by atoms with van der Waals surface area (Å²) in [7, 11) is 0. The summed E-state index contributed by atoms with van der Waals surface area (Å²) in [5.41, 5.74) is 0.210.